The summed E-state index contributed by atoms with van der Waals surface area (Å²) in [6.45, 7) is 5.32. The van der Waals surface area contributed by atoms with E-state index in [2.05, 4.69) is 4.74 Å². The second-order valence-corrected chi connectivity index (χ2v) is 7.53. The van der Waals surface area contributed by atoms with Gasteiger partial charge in [-0.3, -0.25) is 4.79 Å². The average Bonchev–Trinajstić information content (AvgIpc) is 2.61. The Morgan fingerprint density at radius 2 is 2.00 bits per heavy atom. The summed E-state index contributed by atoms with van der Waals surface area (Å²) in [4.78, 5) is 23.6. The largest absolute Gasteiger partial charge is 0.466 e. The van der Waals surface area contributed by atoms with Crippen molar-refractivity contribution < 1.29 is 23.8 Å². The van der Waals surface area contributed by atoms with Crippen LogP contribution in [0.1, 0.15) is 32.8 Å². The molecule has 1 aliphatic carbocycles. The molecule has 0 spiro atoms. The van der Waals surface area contributed by atoms with Crippen molar-refractivity contribution in [2.24, 2.45) is 5.41 Å². The van der Waals surface area contributed by atoms with E-state index in [9.17, 15) is 19.1 Å². The van der Waals surface area contributed by atoms with Crippen LogP contribution in [0.15, 0.2) is 65.8 Å². The maximum absolute atomic E-state index is 13.4. The van der Waals surface area contributed by atoms with Crippen molar-refractivity contribution in [2.45, 2.75) is 32.8 Å². The van der Waals surface area contributed by atoms with Gasteiger partial charge in [0, 0.05) is 17.9 Å². The standard InChI is InChI=1S/C23H25FO4/c1-16(12-21(26)28-4)10-11-23(27)18(14-20(25)15-22(23,2)3)9-8-17-6-5-7-19(24)13-17/h5-14,27H,15H2,1-4H3/b9-8+,11-10+,16-12-/t23-/m1/s1. The van der Waals surface area contributed by atoms with Gasteiger partial charge in [-0.15, -0.1) is 0 Å². The molecule has 148 valence electrons. The van der Waals surface area contributed by atoms with Crippen LogP contribution in [0.4, 0.5) is 4.39 Å². The minimum Gasteiger partial charge on any atom is -0.466 e. The Hall–Kier alpha value is -2.79. The van der Waals surface area contributed by atoms with E-state index in [0.717, 1.165) is 0 Å². The van der Waals surface area contributed by atoms with Crippen LogP contribution in [0.2, 0.25) is 0 Å². The molecule has 0 fully saturated rings. The van der Waals surface area contributed by atoms with Gasteiger partial charge in [0.05, 0.1) is 7.11 Å². The number of esters is 1. The molecule has 0 heterocycles. The lowest BCUT2D eigenvalue weighted by Crippen LogP contribution is -2.48. The fourth-order valence-electron chi connectivity index (χ4n) is 3.13. The summed E-state index contributed by atoms with van der Waals surface area (Å²) in [6.07, 6.45) is 9.37. The fourth-order valence-corrected chi connectivity index (χ4v) is 3.13. The topological polar surface area (TPSA) is 63.6 Å². The van der Waals surface area contributed by atoms with E-state index in [0.29, 0.717) is 16.7 Å². The molecule has 0 aliphatic heterocycles. The highest BCUT2D eigenvalue weighted by atomic mass is 19.1. The van der Waals surface area contributed by atoms with Gasteiger partial charge in [-0.05, 0) is 47.9 Å². The summed E-state index contributed by atoms with van der Waals surface area (Å²) in [5.74, 6) is -0.951. The minimum atomic E-state index is -1.45. The van der Waals surface area contributed by atoms with Crippen LogP contribution >= 0.6 is 0 Å². The molecule has 1 aromatic rings. The van der Waals surface area contributed by atoms with E-state index in [-0.39, 0.29) is 18.0 Å². The Morgan fingerprint density at radius 3 is 2.64 bits per heavy atom. The predicted octanol–water partition coefficient (Wildman–Crippen LogP) is 4.17. The van der Waals surface area contributed by atoms with Crippen molar-refractivity contribution >= 4 is 17.8 Å². The highest BCUT2D eigenvalue weighted by Gasteiger charge is 2.47. The number of rotatable bonds is 5. The first kappa shape index (κ1) is 21.5. The number of carbonyl (C=O) groups is 2. The van der Waals surface area contributed by atoms with Gasteiger partial charge in [-0.1, -0.05) is 44.2 Å². The zero-order chi connectivity index (χ0) is 20.9. The number of benzene rings is 1. The van der Waals surface area contributed by atoms with Crippen LogP contribution in [0.25, 0.3) is 6.08 Å². The number of hydrogen-bond acceptors (Lipinski definition) is 4. The number of ketones is 1. The third kappa shape index (κ3) is 4.93. The third-order valence-electron chi connectivity index (χ3n) is 4.84. The highest BCUT2D eigenvalue weighted by molar-refractivity contribution is 5.94. The zero-order valence-electron chi connectivity index (χ0n) is 16.5. The van der Waals surface area contributed by atoms with E-state index >= 15 is 0 Å². The molecule has 0 unspecified atom stereocenters. The molecule has 0 saturated heterocycles. The summed E-state index contributed by atoms with van der Waals surface area (Å²) in [7, 11) is 1.29. The lowest BCUT2D eigenvalue weighted by Gasteiger charge is -2.44. The SMILES string of the molecule is COC(=O)/C=C(C)\C=C\[C@@]1(O)C(/C=C/c2cccc(F)c2)=CC(=O)CC1(C)C. The Balaban J connectivity index is 2.43. The van der Waals surface area contributed by atoms with Crippen molar-refractivity contribution in [2.75, 3.05) is 7.11 Å². The van der Waals surface area contributed by atoms with Crippen molar-refractivity contribution in [3.63, 3.8) is 0 Å². The fraction of sp³-hybridized carbons (Fsp3) is 0.304. The molecule has 4 nitrogen and oxygen atoms in total. The smallest absolute Gasteiger partial charge is 0.330 e. The van der Waals surface area contributed by atoms with Crippen molar-refractivity contribution in [1.82, 2.24) is 0 Å². The summed E-state index contributed by atoms with van der Waals surface area (Å²) < 4.78 is 18.0. The summed E-state index contributed by atoms with van der Waals surface area (Å²) in [5, 5.41) is 11.5. The molecule has 2 rings (SSSR count). The minimum absolute atomic E-state index is 0.0937. The number of ether oxygens (including phenoxy) is 1. The molecule has 1 N–H and O–H groups in total. The van der Waals surface area contributed by atoms with Gasteiger partial charge in [-0.25, -0.2) is 9.18 Å². The number of hydrogen-bond donors (Lipinski definition) is 1. The molecule has 1 aromatic carbocycles. The maximum atomic E-state index is 13.4. The zero-order valence-corrected chi connectivity index (χ0v) is 16.5. The second-order valence-electron chi connectivity index (χ2n) is 7.53. The van der Waals surface area contributed by atoms with Gasteiger partial charge >= 0.3 is 5.97 Å². The third-order valence-corrected chi connectivity index (χ3v) is 4.84. The average molecular weight is 384 g/mol. The lowest BCUT2D eigenvalue weighted by atomic mass is 9.64. The predicted molar refractivity (Wildman–Crippen MR) is 107 cm³/mol. The Bertz CT molecular complexity index is 890. The molecule has 1 aliphatic rings. The number of methoxy groups -OCH3 is 1. The first-order valence-corrected chi connectivity index (χ1v) is 8.94. The van der Waals surface area contributed by atoms with Crippen LogP contribution in [-0.2, 0) is 14.3 Å². The Morgan fingerprint density at radius 1 is 1.29 bits per heavy atom. The summed E-state index contributed by atoms with van der Waals surface area (Å²) in [6, 6.07) is 6.03. The number of aliphatic hydroxyl groups is 1. The number of allylic oxidation sites excluding steroid dienone is 3. The monoisotopic (exact) mass is 384 g/mol. The van der Waals surface area contributed by atoms with Gasteiger partial charge in [0.25, 0.3) is 0 Å². The lowest BCUT2D eigenvalue weighted by molar-refractivity contribution is -0.134. The molecular formula is C23H25FO4. The van der Waals surface area contributed by atoms with Crippen LogP contribution in [-0.4, -0.2) is 29.6 Å². The second kappa shape index (κ2) is 8.48. The van der Waals surface area contributed by atoms with Crippen LogP contribution < -0.4 is 0 Å². The normalized spacial score (nSPS) is 22.6. The summed E-state index contributed by atoms with van der Waals surface area (Å²) >= 11 is 0. The van der Waals surface area contributed by atoms with E-state index < -0.39 is 17.0 Å². The van der Waals surface area contributed by atoms with Crippen molar-refractivity contribution in [3.8, 4) is 0 Å². The first-order chi connectivity index (χ1) is 13.1. The Kier molecular flexibility index (Phi) is 6.52. The number of carbonyl (C=O) groups excluding carboxylic acids is 2. The molecule has 0 saturated carbocycles. The molecule has 0 amide bonds. The molecule has 0 radical (unpaired) electrons. The van der Waals surface area contributed by atoms with Gasteiger partial charge < -0.3 is 9.84 Å². The first-order valence-electron chi connectivity index (χ1n) is 8.94. The molecule has 0 aromatic heterocycles. The molecule has 1 atom stereocenters. The van der Waals surface area contributed by atoms with E-state index in [1.807, 2.05) is 0 Å². The van der Waals surface area contributed by atoms with Crippen LogP contribution in [0.3, 0.4) is 0 Å². The van der Waals surface area contributed by atoms with Crippen LogP contribution in [0.5, 0.6) is 0 Å². The summed E-state index contributed by atoms with van der Waals surface area (Å²) in [5.41, 5.74) is -0.607. The van der Waals surface area contributed by atoms with E-state index in [1.54, 1.807) is 57.2 Å². The molecular weight excluding hydrogens is 359 g/mol. The van der Waals surface area contributed by atoms with Gasteiger partial charge in [0.1, 0.15) is 11.4 Å². The molecule has 0 bridgehead atoms. The van der Waals surface area contributed by atoms with Gasteiger partial charge in [0.15, 0.2) is 5.78 Å². The van der Waals surface area contributed by atoms with Gasteiger partial charge in [0.2, 0.25) is 0 Å². The molecule has 5 heteroatoms. The van der Waals surface area contributed by atoms with Crippen molar-refractivity contribution in [3.05, 3.63) is 77.2 Å². The van der Waals surface area contributed by atoms with E-state index in [4.69, 9.17) is 0 Å². The quantitative estimate of drug-likeness (QED) is 0.470. The number of halogens is 1. The van der Waals surface area contributed by atoms with Crippen LogP contribution in [0, 0.1) is 11.2 Å². The maximum Gasteiger partial charge on any atom is 0.330 e. The van der Waals surface area contributed by atoms with E-state index in [1.165, 1.54) is 31.4 Å². The molecule has 28 heavy (non-hydrogen) atoms. The highest BCUT2D eigenvalue weighted by Crippen LogP contribution is 2.45. The van der Waals surface area contributed by atoms with Gasteiger partial charge in [-0.2, -0.15) is 0 Å². The Labute approximate surface area is 164 Å². The van der Waals surface area contributed by atoms with Crippen molar-refractivity contribution in [1.29, 1.82) is 0 Å².